The summed E-state index contributed by atoms with van der Waals surface area (Å²) in [5.41, 5.74) is 5.22. The first-order chi connectivity index (χ1) is 13.2. The molecule has 8 nitrogen and oxygen atoms in total. The fourth-order valence-electron chi connectivity index (χ4n) is 1.86. The Bertz CT molecular complexity index is 644. The molecule has 0 aromatic carbocycles. The van der Waals surface area contributed by atoms with E-state index in [1.165, 1.54) is 38.5 Å². The minimum absolute atomic E-state index is 0. The molecular weight excluding hydrogens is 426 g/mol. The van der Waals surface area contributed by atoms with Gasteiger partial charge in [0.15, 0.2) is 12.6 Å². The first-order valence-electron chi connectivity index (χ1n) is 8.73. The van der Waals surface area contributed by atoms with Crippen LogP contribution >= 0.6 is 15.9 Å². The van der Waals surface area contributed by atoms with Crippen molar-refractivity contribution in [3.05, 3.63) is 35.8 Å². The lowest BCUT2D eigenvalue weighted by Gasteiger charge is -1.96. The number of carbonyl (C=O) groups is 3. The number of imidazole rings is 2. The molecule has 3 fully saturated rings. The van der Waals surface area contributed by atoms with Gasteiger partial charge in [-0.05, 0) is 54.5 Å². The molecule has 2 aromatic heterocycles. The number of nitrogens with two attached hydrogens (primary N) is 1. The Morgan fingerprint density at radius 3 is 1.82 bits per heavy atom. The lowest BCUT2D eigenvalue weighted by molar-refractivity contribution is -0.122. The average molecular weight is 456 g/mol. The third-order valence-corrected chi connectivity index (χ3v) is 4.34. The van der Waals surface area contributed by atoms with Gasteiger partial charge in [0, 0.05) is 30.5 Å². The van der Waals surface area contributed by atoms with Crippen molar-refractivity contribution in [2.45, 2.75) is 64.1 Å². The number of halogens is 1. The van der Waals surface area contributed by atoms with E-state index < -0.39 is 0 Å². The second kappa shape index (κ2) is 14.9. The molecular formula is C19H30BrN5O3. The maximum absolute atomic E-state index is 8.81. The molecule has 3 aliphatic carbocycles. The Kier molecular flexibility index (Phi) is 13.7. The zero-order chi connectivity index (χ0) is 20.1. The standard InChI is InChI=1S/C6H7BrN2.C6H8N2.C3H7N.C2H2O2.CH2O.CH4/c7-6-3-8-4-9(6)5-1-2-5;1-2-6(1)8-4-3-7-5-8;4-3-1-2-3;3-1-2-4;1-2;/h3-5H,1-2H2;3-6H,1-2H2;3H,1-2,4H2;1-2H;1H2;1H4. The molecule has 0 aliphatic heterocycles. The quantitative estimate of drug-likeness (QED) is 0.561. The smallest absolute Gasteiger partial charge is 0.182 e. The molecule has 3 saturated carbocycles. The second-order valence-electron chi connectivity index (χ2n) is 6.21. The second-order valence-corrected chi connectivity index (χ2v) is 7.02. The van der Waals surface area contributed by atoms with Crippen molar-refractivity contribution in [2.24, 2.45) is 5.73 Å². The normalized spacial score (nSPS) is 15.9. The average Bonchev–Trinajstić information content (AvgIpc) is 3.66. The van der Waals surface area contributed by atoms with Crippen molar-refractivity contribution < 1.29 is 14.4 Å². The van der Waals surface area contributed by atoms with Crippen LogP contribution in [-0.2, 0) is 14.4 Å². The molecule has 2 heterocycles. The summed E-state index contributed by atoms with van der Waals surface area (Å²) in [6.45, 7) is 2.00. The predicted molar refractivity (Wildman–Crippen MR) is 112 cm³/mol. The molecule has 2 aromatic rings. The first-order valence-corrected chi connectivity index (χ1v) is 9.53. The van der Waals surface area contributed by atoms with Gasteiger partial charge in [-0.25, -0.2) is 9.97 Å². The summed E-state index contributed by atoms with van der Waals surface area (Å²) in [5, 5.41) is 0. The first kappa shape index (κ1) is 25.9. The van der Waals surface area contributed by atoms with Gasteiger partial charge < -0.3 is 19.7 Å². The van der Waals surface area contributed by atoms with E-state index in [9.17, 15) is 0 Å². The molecule has 5 rings (SSSR count). The largest absolute Gasteiger partial charge is 0.334 e. The van der Waals surface area contributed by atoms with Crippen LogP contribution in [0, 0.1) is 0 Å². The van der Waals surface area contributed by atoms with Gasteiger partial charge >= 0.3 is 0 Å². The summed E-state index contributed by atoms with van der Waals surface area (Å²) in [6, 6.07) is 2.11. The molecule has 0 bridgehead atoms. The highest BCUT2D eigenvalue weighted by atomic mass is 79.9. The number of hydrogen-bond donors (Lipinski definition) is 1. The summed E-state index contributed by atoms with van der Waals surface area (Å²) in [6.07, 6.45) is 17.7. The number of hydrogen-bond acceptors (Lipinski definition) is 6. The third kappa shape index (κ3) is 11.6. The Hall–Kier alpha value is -2.13. The summed E-state index contributed by atoms with van der Waals surface area (Å²) in [7, 11) is 0. The Labute approximate surface area is 174 Å². The van der Waals surface area contributed by atoms with Crippen LogP contribution in [0.5, 0.6) is 0 Å². The van der Waals surface area contributed by atoms with Gasteiger partial charge in [-0.2, -0.15) is 0 Å². The van der Waals surface area contributed by atoms with Gasteiger partial charge in [-0.1, -0.05) is 7.43 Å². The molecule has 9 heteroatoms. The monoisotopic (exact) mass is 455 g/mol. The van der Waals surface area contributed by atoms with Crippen molar-refractivity contribution in [1.29, 1.82) is 0 Å². The van der Waals surface area contributed by atoms with Crippen molar-refractivity contribution >= 4 is 35.3 Å². The van der Waals surface area contributed by atoms with Gasteiger partial charge in [0.1, 0.15) is 11.4 Å². The fourth-order valence-corrected chi connectivity index (χ4v) is 2.36. The topological polar surface area (TPSA) is 113 Å². The molecule has 0 saturated heterocycles. The van der Waals surface area contributed by atoms with Crippen LogP contribution in [0.3, 0.4) is 0 Å². The number of carbonyl (C=O) groups excluding carboxylic acids is 3. The summed E-state index contributed by atoms with van der Waals surface area (Å²) >= 11 is 3.41. The molecule has 0 radical (unpaired) electrons. The summed E-state index contributed by atoms with van der Waals surface area (Å²) in [5.74, 6) is 0. The Balaban J connectivity index is 0.000000353. The van der Waals surface area contributed by atoms with Gasteiger partial charge in [0.2, 0.25) is 0 Å². The highest BCUT2D eigenvalue weighted by molar-refractivity contribution is 9.10. The van der Waals surface area contributed by atoms with Gasteiger partial charge in [-0.15, -0.1) is 0 Å². The summed E-state index contributed by atoms with van der Waals surface area (Å²) < 4.78 is 5.44. The minimum atomic E-state index is 0. The van der Waals surface area contributed by atoms with E-state index in [4.69, 9.17) is 20.1 Å². The van der Waals surface area contributed by atoms with Crippen molar-refractivity contribution in [1.82, 2.24) is 19.1 Å². The predicted octanol–water partition coefficient (Wildman–Crippen LogP) is 3.14. The zero-order valence-electron chi connectivity index (χ0n) is 15.2. The van der Waals surface area contributed by atoms with Crippen LogP contribution in [-0.4, -0.2) is 44.5 Å². The SMILES string of the molecule is Brc1cncn1C1CC1.C.C=O.NC1CC1.O=CC=O.c1cn(C2CC2)cn1. The van der Waals surface area contributed by atoms with Crippen molar-refractivity contribution in [3.63, 3.8) is 0 Å². The van der Waals surface area contributed by atoms with E-state index in [0.29, 0.717) is 6.04 Å². The molecule has 156 valence electrons. The Morgan fingerprint density at radius 2 is 1.54 bits per heavy atom. The maximum Gasteiger partial charge on any atom is 0.182 e. The summed E-state index contributed by atoms with van der Waals surface area (Å²) in [4.78, 5) is 33.6. The van der Waals surface area contributed by atoms with E-state index in [-0.39, 0.29) is 20.0 Å². The van der Waals surface area contributed by atoms with E-state index in [1.54, 1.807) is 0 Å². The van der Waals surface area contributed by atoms with Crippen LogP contribution in [0.15, 0.2) is 35.8 Å². The number of rotatable bonds is 3. The van der Waals surface area contributed by atoms with Gasteiger partial charge in [0.25, 0.3) is 0 Å². The van der Waals surface area contributed by atoms with Crippen molar-refractivity contribution in [3.8, 4) is 0 Å². The highest BCUT2D eigenvalue weighted by Gasteiger charge is 2.24. The van der Waals surface area contributed by atoms with E-state index >= 15 is 0 Å². The highest BCUT2D eigenvalue weighted by Crippen LogP contribution is 2.36. The van der Waals surface area contributed by atoms with Crippen LogP contribution < -0.4 is 5.73 Å². The fraction of sp³-hybridized carbons (Fsp3) is 0.526. The maximum atomic E-state index is 8.81. The number of nitrogens with zero attached hydrogens (tertiary/aromatic N) is 4. The van der Waals surface area contributed by atoms with Crippen LogP contribution in [0.4, 0.5) is 0 Å². The van der Waals surface area contributed by atoms with Gasteiger partial charge in [0.05, 0.1) is 18.9 Å². The van der Waals surface area contributed by atoms with Crippen molar-refractivity contribution in [2.75, 3.05) is 0 Å². The minimum Gasteiger partial charge on any atom is -0.334 e. The molecule has 0 atom stereocenters. The van der Waals surface area contributed by atoms with E-state index in [2.05, 4.69) is 35.0 Å². The molecule has 0 spiro atoms. The third-order valence-electron chi connectivity index (χ3n) is 3.73. The number of aromatic nitrogens is 4. The van der Waals surface area contributed by atoms with Crippen LogP contribution in [0.25, 0.3) is 0 Å². The molecule has 0 unspecified atom stereocenters. The molecule has 2 N–H and O–H groups in total. The van der Waals surface area contributed by atoms with Gasteiger partial charge in [-0.3, -0.25) is 9.59 Å². The van der Waals surface area contributed by atoms with Crippen LogP contribution in [0.1, 0.15) is 58.0 Å². The Morgan fingerprint density at radius 1 is 1.00 bits per heavy atom. The molecule has 3 aliphatic rings. The zero-order valence-corrected chi connectivity index (χ0v) is 16.8. The number of aldehydes is 2. The van der Waals surface area contributed by atoms with Crippen LogP contribution in [0.2, 0.25) is 0 Å². The van der Waals surface area contributed by atoms with E-state index in [1.807, 2.05) is 38.0 Å². The molecule has 0 amide bonds. The van der Waals surface area contributed by atoms with E-state index in [0.717, 1.165) is 16.7 Å². The molecule has 28 heavy (non-hydrogen) atoms. The lowest BCUT2D eigenvalue weighted by atomic mass is 10.7. The lowest BCUT2D eigenvalue weighted by Crippen LogP contribution is -1.94.